The zero-order valence-corrected chi connectivity index (χ0v) is 16.9. The number of carbonyl (C=O) groups excluding carboxylic acids is 1. The van der Waals surface area contributed by atoms with Crippen LogP contribution in [-0.4, -0.2) is 36.6 Å². The summed E-state index contributed by atoms with van der Waals surface area (Å²) < 4.78 is 13.2. The van der Waals surface area contributed by atoms with Gasteiger partial charge in [0.2, 0.25) is 6.29 Å². The summed E-state index contributed by atoms with van der Waals surface area (Å²) >= 11 is 1.72. The summed E-state index contributed by atoms with van der Waals surface area (Å²) in [6.07, 6.45) is 4.98. The number of amides is 1. The van der Waals surface area contributed by atoms with Crippen molar-refractivity contribution in [3.05, 3.63) is 47.0 Å². The minimum Gasteiger partial charge on any atom is -0.459 e. The largest absolute Gasteiger partial charge is 0.459 e. The first-order valence-corrected chi connectivity index (χ1v) is 11.0. The predicted molar refractivity (Wildman–Crippen MR) is 110 cm³/mol. The molecule has 0 unspecified atom stereocenters. The van der Waals surface area contributed by atoms with E-state index in [-0.39, 0.29) is 30.4 Å². The Balaban J connectivity index is 1.72. The fourth-order valence-corrected chi connectivity index (χ4v) is 4.87. The minimum atomic E-state index is -0.495. The Hall–Kier alpha value is -1.89. The number of nitrogens with one attached hydrogen (secondary N) is 1. The number of rotatable bonds is 8. The van der Waals surface area contributed by atoms with E-state index in [4.69, 9.17) is 9.47 Å². The molecule has 0 saturated heterocycles. The lowest BCUT2D eigenvalue weighted by molar-refractivity contribution is -0.166. The molecule has 3 atom stereocenters. The Labute approximate surface area is 169 Å². The molecular formula is C22H27NO4S. The Morgan fingerprint density at radius 2 is 2.18 bits per heavy atom. The molecule has 1 aromatic carbocycles. The third-order valence-electron chi connectivity index (χ3n) is 5.42. The Morgan fingerprint density at radius 3 is 2.93 bits per heavy atom. The maximum Gasteiger partial charge on any atom is 0.286 e. The average Bonchev–Trinajstić information content (AvgIpc) is 3.42. The maximum absolute atomic E-state index is 12.7. The molecule has 5 nitrogen and oxygen atoms in total. The van der Waals surface area contributed by atoms with E-state index in [0.717, 1.165) is 19.3 Å². The van der Waals surface area contributed by atoms with Crippen molar-refractivity contribution in [2.45, 2.75) is 50.9 Å². The van der Waals surface area contributed by atoms with Crippen molar-refractivity contribution in [3.63, 3.8) is 0 Å². The number of aliphatic hydroxyl groups excluding tert-OH is 1. The molecule has 150 valence electrons. The third kappa shape index (κ3) is 4.09. The van der Waals surface area contributed by atoms with Gasteiger partial charge in [0.1, 0.15) is 0 Å². The summed E-state index contributed by atoms with van der Waals surface area (Å²) in [6.45, 7) is 2.57. The first kappa shape index (κ1) is 19.4. The second kappa shape index (κ2) is 8.64. The number of ether oxygens (including phenoxy) is 2. The van der Waals surface area contributed by atoms with Crippen molar-refractivity contribution < 1.29 is 19.4 Å². The average molecular weight is 402 g/mol. The topological polar surface area (TPSA) is 67.8 Å². The number of hydrogen-bond donors (Lipinski definition) is 2. The Kier molecular flexibility index (Phi) is 5.99. The van der Waals surface area contributed by atoms with Gasteiger partial charge in [0.05, 0.1) is 0 Å². The fraction of sp³-hybridized carbons (Fsp3) is 0.500. The molecule has 1 fully saturated rings. The van der Waals surface area contributed by atoms with Gasteiger partial charge >= 0.3 is 0 Å². The van der Waals surface area contributed by atoms with Gasteiger partial charge in [-0.1, -0.05) is 18.2 Å². The maximum atomic E-state index is 12.7. The summed E-state index contributed by atoms with van der Waals surface area (Å²) in [6, 6.07) is 8.62. The van der Waals surface area contributed by atoms with E-state index in [0.29, 0.717) is 18.8 Å². The normalized spacial score (nSPS) is 24.6. The van der Waals surface area contributed by atoms with Gasteiger partial charge in [-0.25, -0.2) is 0 Å². The molecule has 28 heavy (non-hydrogen) atoms. The first-order chi connectivity index (χ1) is 13.7. The SMILES string of the molecule is CCO[C@H]1OC(C(=O)NC2CC2)=C[C@@H](c2csc3ccccc23)[C@H]1CCCO. The molecule has 2 heterocycles. The second-order valence-electron chi connectivity index (χ2n) is 7.46. The zero-order valence-electron chi connectivity index (χ0n) is 16.1. The highest BCUT2D eigenvalue weighted by Crippen LogP contribution is 2.43. The molecule has 4 rings (SSSR count). The monoisotopic (exact) mass is 401 g/mol. The van der Waals surface area contributed by atoms with Crippen LogP contribution >= 0.6 is 11.3 Å². The summed E-state index contributed by atoms with van der Waals surface area (Å²) in [7, 11) is 0. The predicted octanol–water partition coefficient (Wildman–Crippen LogP) is 3.93. The van der Waals surface area contributed by atoms with Gasteiger partial charge in [0.25, 0.3) is 5.91 Å². The van der Waals surface area contributed by atoms with Gasteiger partial charge in [0.15, 0.2) is 5.76 Å². The van der Waals surface area contributed by atoms with Crippen LogP contribution < -0.4 is 5.32 Å². The zero-order chi connectivity index (χ0) is 19.5. The second-order valence-corrected chi connectivity index (χ2v) is 8.37. The van der Waals surface area contributed by atoms with Crippen molar-refractivity contribution in [1.29, 1.82) is 0 Å². The van der Waals surface area contributed by atoms with Crippen LogP contribution in [0.1, 0.15) is 44.1 Å². The molecule has 2 aromatic rings. The number of carbonyl (C=O) groups is 1. The number of allylic oxidation sites excluding steroid dienone is 1. The molecule has 2 N–H and O–H groups in total. The molecule has 2 aliphatic rings. The van der Waals surface area contributed by atoms with Crippen molar-refractivity contribution in [2.75, 3.05) is 13.2 Å². The van der Waals surface area contributed by atoms with Gasteiger partial charge in [0, 0.05) is 35.8 Å². The smallest absolute Gasteiger partial charge is 0.286 e. The van der Waals surface area contributed by atoms with Crippen LogP contribution in [0, 0.1) is 5.92 Å². The third-order valence-corrected chi connectivity index (χ3v) is 6.40. The minimum absolute atomic E-state index is 0.00736. The molecule has 1 aromatic heterocycles. The summed E-state index contributed by atoms with van der Waals surface area (Å²) in [5, 5.41) is 15.8. The van der Waals surface area contributed by atoms with Gasteiger partial charge in [-0.3, -0.25) is 4.79 Å². The number of hydrogen-bond acceptors (Lipinski definition) is 5. The standard InChI is InChI=1S/C22H27NO4S/c1-2-26-22-16(7-5-11-24)17(12-19(27-22)21(25)23-14-9-10-14)18-13-28-20-8-4-3-6-15(18)20/h3-4,6,8,12-14,16-17,22,24H,2,5,7,9-11H2,1H3,(H,23,25)/t16-,17-,22+/m1/s1. The lowest BCUT2D eigenvalue weighted by Gasteiger charge is -2.37. The van der Waals surface area contributed by atoms with Crippen molar-refractivity contribution in [1.82, 2.24) is 5.32 Å². The van der Waals surface area contributed by atoms with Crippen LogP contribution in [0.4, 0.5) is 0 Å². The molecule has 0 bridgehead atoms. The Morgan fingerprint density at radius 1 is 1.36 bits per heavy atom. The molecule has 0 radical (unpaired) electrons. The van der Waals surface area contributed by atoms with E-state index in [2.05, 4.69) is 22.8 Å². The highest BCUT2D eigenvalue weighted by molar-refractivity contribution is 7.17. The molecule has 0 spiro atoms. The van der Waals surface area contributed by atoms with Crippen molar-refractivity contribution in [2.24, 2.45) is 5.92 Å². The first-order valence-electron chi connectivity index (χ1n) is 10.1. The van der Waals surface area contributed by atoms with E-state index < -0.39 is 6.29 Å². The molecular weight excluding hydrogens is 374 g/mol. The summed E-state index contributed by atoms with van der Waals surface area (Å²) in [5.41, 5.74) is 1.20. The van der Waals surface area contributed by atoms with Crippen LogP contribution in [0.25, 0.3) is 10.1 Å². The molecule has 1 aliphatic heterocycles. The van der Waals surface area contributed by atoms with Gasteiger partial charge < -0.3 is 19.9 Å². The molecule has 1 saturated carbocycles. The van der Waals surface area contributed by atoms with Crippen molar-refractivity contribution in [3.8, 4) is 0 Å². The lowest BCUT2D eigenvalue weighted by Crippen LogP contribution is -2.39. The number of thiophene rings is 1. The van der Waals surface area contributed by atoms with E-state index in [9.17, 15) is 9.90 Å². The molecule has 1 aliphatic carbocycles. The quantitative estimate of drug-likeness (QED) is 0.703. The van der Waals surface area contributed by atoms with Crippen LogP contribution in [0.2, 0.25) is 0 Å². The number of fused-ring (bicyclic) bond motifs is 1. The van der Waals surface area contributed by atoms with Gasteiger partial charge in [-0.15, -0.1) is 11.3 Å². The van der Waals surface area contributed by atoms with E-state index in [1.807, 2.05) is 25.1 Å². The Bertz CT molecular complexity index is 857. The lowest BCUT2D eigenvalue weighted by atomic mass is 9.80. The van der Waals surface area contributed by atoms with Crippen LogP contribution in [0.3, 0.4) is 0 Å². The van der Waals surface area contributed by atoms with Crippen molar-refractivity contribution >= 4 is 27.3 Å². The van der Waals surface area contributed by atoms with Gasteiger partial charge in [-0.05, 0) is 61.1 Å². The van der Waals surface area contributed by atoms with Gasteiger partial charge in [-0.2, -0.15) is 0 Å². The van der Waals surface area contributed by atoms with Crippen LogP contribution in [0.15, 0.2) is 41.5 Å². The van der Waals surface area contributed by atoms with E-state index in [1.54, 1.807) is 11.3 Å². The highest BCUT2D eigenvalue weighted by Gasteiger charge is 2.39. The number of aliphatic hydroxyl groups is 1. The van der Waals surface area contributed by atoms with E-state index >= 15 is 0 Å². The fourth-order valence-electron chi connectivity index (χ4n) is 3.86. The van der Waals surface area contributed by atoms with Crippen LogP contribution in [-0.2, 0) is 14.3 Å². The highest BCUT2D eigenvalue weighted by atomic mass is 32.1. The van der Waals surface area contributed by atoms with E-state index in [1.165, 1.54) is 15.6 Å². The summed E-state index contributed by atoms with van der Waals surface area (Å²) in [5.74, 6) is 0.249. The summed E-state index contributed by atoms with van der Waals surface area (Å²) in [4.78, 5) is 12.7. The van der Waals surface area contributed by atoms with Crippen LogP contribution in [0.5, 0.6) is 0 Å². The molecule has 1 amide bonds. The molecule has 6 heteroatoms. The number of benzene rings is 1.